The van der Waals surface area contributed by atoms with E-state index in [-0.39, 0.29) is 6.09 Å². The predicted molar refractivity (Wildman–Crippen MR) is 76.3 cm³/mol. The number of carbonyl (C=O) groups excluding carboxylic acids is 1. The van der Waals surface area contributed by atoms with E-state index in [1.165, 1.54) is 11.1 Å². The molecule has 1 amide bonds. The number of hydrogen-bond donors (Lipinski definition) is 0. The molecule has 0 aliphatic carbocycles. The van der Waals surface area contributed by atoms with Crippen molar-refractivity contribution in [2.45, 2.75) is 45.6 Å². The van der Waals surface area contributed by atoms with Crippen LogP contribution >= 0.6 is 0 Å². The molecule has 0 bridgehead atoms. The first-order valence-corrected chi connectivity index (χ1v) is 7.00. The molecule has 3 heteroatoms. The van der Waals surface area contributed by atoms with Crippen molar-refractivity contribution in [1.82, 2.24) is 4.90 Å². The molecule has 0 fully saturated rings. The van der Waals surface area contributed by atoms with Gasteiger partial charge in [-0.05, 0) is 51.2 Å². The van der Waals surface area contributed by atoms with Gasteiger partial charge in [-0.25, -0.2) is 4.79 Å². The fraction of sp³-hybridized carbons (Fsp3) is 0.562. The molecule has 1 heterocycles. The van der Waals surface area contributed by atoms with Crippen LogP contribution in [0.3, 0.4) is 0 Å². The summed E-state index contributed by atoms with van der Waals surface area (Å²) in [6.07, 6.45) is 2.76. The zero-order chi connectivity index (χ0) is 13.9. The van der Waals surface area contributed by atoms with Crippen molar-refractivity contribution >= 4 is 6.09 Å². The van der Waals surface area contributed by atoms with E-state index in [0.29, 0.717) is 0 Å². The Hall–Kier alpha value is -1.51. The molecule has 1 aliphatic heterocycles. The number of fused-ring (bicyclic) bond motifs is 1. The highest BCUT2D eigenvalue weighted by atomic mass is 16.6. The van der Waals surface area contributed by atoms with Crippen LogP contribution in [0.1, 0.15) is 38.3 Å². The van der Waals surface area contributed by atoms with Crippen molar-refractivity contribution in [2.24, 2.45) is 0 Å². The van der Waals surface area contributed by atoms with Crippen molar-refractivity contribution in [3.8, 4) is 0 Å². The lowest BCUT2D eigenvalue weighted by Crippen LogP contribution is -2.39. The molecule has 0 saturated heterocycles. The van der Waals surface area contributed by atoms with Gasteiger partial charge >= 0.3 is 6.09 Å². The average Bonchev–Trinajstić information content (AvgIpc) is 2.27. The highest BCUT2D eigenvalue weighted by molar-refractivity contribution is 5.68. The summed E-state index contributed by atoms with van der Waals surface area (Å²) in [4.78, 5) is 13.9. The van der Waals surface area contributed by atoms with E-state index in [1.54, 1.807) is 0 Å². The second kappa shape index (κ2) is 5.64. The third-order valence-corrected chi connectivity index (χ3v) is 3.30. The minimum Gasteiger partial charge on any atom is -0.444 e. The second-order valence-corrected chi connectivity index (χ2v) is 6.09. The summed E-state index contributed by atoms with van der Waals surface area (Å²) in [6, 6.07) is 8.51. The summed E-state index contributed by atoms with van der Waals surface area (Å²) in [5.74, 6) is 0. The van der Waals surface area contributed by atoms with Gasteiger partial charge < -0.3 is 9.64 Å². The third-order valence-electron chi connectivity index (χ3n) is 3.30. The Labute approximate surface area is 115 Å². The Morgan fingerprint density at radius 2 is 1.74 bits per heavy atom. The van der Waals surface area contributed by atoms with Crippen molar-refractivity contribution in [3.05, 3.63) is 35.4 Å². The van der Waals surface area contributed by atoms with Crippen molar-refractivity contribution < 1.29 is 9.53 Å². The van der Waals surface area contributed by atoms with Gasteiger partial charge in [-0.1, -0.05) is 24.3 Å². The molecule has 1 aromatic rings. The van der Waals surface area contributed by atoms with Crippen molar-refractivity contribution in [2.75, 3.05) is 13.1 Å². The van der Waals surface area contributed by atoms with Gasteiger partial charge in [0.2, 0.25) is 0 Å². The molecule has 0 unspecified atom stereocenters. The first kappa shape index (κ1) is 13.9. The van der Waals surface area contributed by atoms with E-state index in [2.05, 4.69) is 24.3 Å². The predicted octanol–water partition coefficient (Wildman–Crippen LogP) is 3.41. The zero-order valence-electron chi connectivity index (χ0n) is 12.1. The molecule has 19 heavy (non-hydrogen) atoms. The number of amides is 1. The Balaban J connectivity index is 2.02. The molecule has 0 radical (unpaired) electrons. The van der Waals surface area contributed by atoms with Gasteiger partial charge in [0.15, 0.2) is 0 Å². The number of hydrogen-bond acceptors (Lipinski definition) is 2. The Kier molecular flexibility index (Phi) is 4.13. The summed E-state index contributed by atoms with van der Waals surface area (Å²) in [6.45, 7) is 7.24. The van der Waals surface area contributed by atoms with Crippen LogP contribution in [0.4, 0.5) is 4.79 Å². The van der Waals surface area contributed by atoms with E-state index in [4.69, 9.17) is 4.74 Å². The summed E-state index contributed by atoms with van der Waals surface area (Å²) >= 11 is 0. The lowest BCUT2D eigenvalue weighted by molar-refractivity contribution is 0.0247. The molecule has 3 nitrogen and oxygen atoms in total. The summed E-state index contributed by atoms with van der Waals surface area (Å²) in [5.41, 5.74) is 2.36. The SMILES string of the molecule is CC(C)(C)OC(=O)N1CCCc2ccccc2CC1. The number of rotatable bonds is 0. The highest BCUT2D eigenvalue weighted by Gasteiger charge is 2.22. The number of ether oxygens (including phenoxy) is 1. The van der Waals surface area contributed by atoms with E-state index in [1.807, 2.05) is 25.7 Å². The maximum Gasteiger partial charge on any atom is 0.410 e. The largest absolute Gasteiger partial charge is 0.444 e. The molecule has 1 aromatic carbocycles. The van der Waals surface area contributed by atoms with E-state index in [0.717, 1.165) is 32.4 Å². The van der Waals surface area contributed by atoms with Crippen LogP contribution in [0.25, 0.3) is 0 Å². The summed E-state index contributed by atoms with van der Waals surface area (Å²) < 4.78 is 5.45. The Morgan fingerprint density at radius 3 is 2.37 bits per heavy atom. The minimum absolute atomic E-state index is 0.188. The maximum atomic E-state index is 12.1. The fourth-order valence-electron chi connectivity index (χ4n) is 2.38. The van der Waals surface area contributed by atoms with Crippen LogP contribution in [0.5, 0.6) is 0 Å². The first-order chi connectivity index (χ1) is 8.96. The maximum absolute atomic E-state index is 12.1. The van der Waals surface area contributed by atoms with E-state index < -0.39 is 5.60 Å². The van der Waals surface area contributed by atoms with Gasteiger partial charge in [-0.3, -0.25) is 0 Å². The second-order valence-electron chi connectivity index (χ2n) is 6.09. The molecule has 0 aromatic heterocycles. The lowest BCUT2D eigenvalue weighted by Gasteiger charge is -2.29. The molecule has 0 spiro atoms. The van der Waals surface area contributed by atoms with Crippen LogP contribution in [0, 0.1) is 0 Å². The fourth-order valence-corrected chi connectivity index (χ4v) is 2.38. The Bertz CT molecular complexity index is 448. The van der Waals surface area contributed by atoms with Gasteiger partial charge in [0.05, 0.1) is 0 Å². The summed E-state index contributed by atoms with van der Waals surface area (Å²) in [7, 11) is 0. The third kappa shape index (κ3) is 3.98. The normalized spacial score (nSPS) is 16.3. The van der Waals surface area contributed by atoms with Gasteiger partial charge in [0, 0.05) is 13.1 Å². The highest BCUT2D eigenvalue weighted by Crippen LogP contribution is 2.17. The minimum atomic E-state index is -0.419. The number of aryl methyl sites for hydroxylation is 1. The zero-order valence-corrected chi connectivity index (χ0v) is 12.1. The molecule has 0 atom stereocenters. The standard InChI is InChI=1S/C16H23NO2/c1-16(2,3)19-15(18)17-11-6-9-13-7-4-5-8-14(13)10-12-17/h4-5,7-8H,6,9-12H2,1-3H3. The molecular formula is C16H23NO2. The van der Waals surface area contributed by atoms with Crippen LogP contribution < -0.4 is 0 Å². The molecule has 0 N–H and O–H groups in total. The van der Waals surface area contributed by atoms with Gasteiger partial charge in [-0.15, -0.1) is 0 Å². The van der Waals surface area contributed by atoms with Crippen molar-refractivity contribution in [3.63, 3.8) is 0 Å². The van der Waals surface area contributed by atoms with Crippen molar-refractivity contribution in [1.29, 1.82) is 0 Å². The smallest absolute Gasteiger partial charge is 0.410 e. The Morgan fingerprint density at radius 1 is 1.11 bits per heavy atom. The van der Waals surface area contributed by atoms with Gasteiger partial charge in [-0.2, -0.15) is 0 Å². The average molecular weight is 261 g/mol. The van der Waals surface area contributed by atoms with Crippen LogP contribution in [0.15, 0.2) is 24.3 Å². The quantitative estimate of drug-likeness (QED) is 0.716. The number of nitrogens with zero attached hydrogens (tertiary/aromatic N) is 1. The first-order valence-electron chi connectivity index (χ1n) is 7.00. The monoisotopic (exact) mass is 261 g/mol. The van der Waals surface area contributed by atoms with Gasteiger partial charge in [0.1, 0.15) is 5.60 Å². The molecule has 104 valence electrons. The van der Waals surface area contributed by atoms with E-state index in [9.17, 15) is 4.79 Å². The van der Waals surface area contributed by atoms with Gasteiger partial charge in [0.25, 0.3) is 0 Å². The van der Waals surface area contributed by atoms with Crippen LogP contribution in [-0.2, 0) is 17.6 Å². The van der Waals surface area contributed by atoms with Crippen LogP contribution in [0.2, 0.25) is 0 Å². The number of carbonyl (C=O) groups is 1. The molecule has 2 rings (SSSR count). The molecule has 1 aliphatic rings. The van der Waals surface area contributed by atoms with Crippen LogP contribution in [-0.4, -0.2) is 29.7 Å². The number of benzene rings is 1. The summed E-state index contributed by atoms with van der Waals surface area (Å²) in [5, 5.41) is 0. The lowest BCUT2D eigenvalue weighted by atomic mass is 9.98. The molecular weight excluding hydrogens is 238 g/mol. The topological polar surface area (TPSA) is 29.5 Å². The molecule has 0 saturated carbocycles. The van der Waals surface area contributed by atoms with E-state index >= 15 is 0 Å².